The molecule has 2 amide bonds. The Hall–Kier alpha value is -2.80. The Balaban J connectivity index is 1.56. The lowest BCUT2D eigenvalue weighted by Crippen LogP contribution is -2.64. The minimum Gasteiger partial charge on any atom is -0.496 e. The van der Waals surface area contributed by atoms with Gasteiger partial charge in [-0.1, -0.05) is 31.0 Å². The fraction of sp³-hybridized carbons (Fsp3) is 0.417. The van der Waals surface area contributed by atoms with Gasteiger partial charge in [-0.05, 0) is 43.3 Å². The zero-order valence-corrected chi connectivity index (χ0v) is 18.7. The van der Waals surface area contributed by atoms with E-state index in [4.69, 9.17) is 4.74 Å². The first-order chi connectivity index (χ1) is 15.0. The van der Waals surface area contributed by atoms with E-state index in [1.165, 1.54) is 0 Å². The van der Waals surface area contributed by atoms with E-state index < -0.39 is 5.54 Å². The molecule has 1 N–H and O–H groups in total. The van der Waals surface area contributed by atoms with Gasteiger partial charge in [-0.25, -0.2) is 0 Å². The summed E-state index contributed by atoms with van der Waals surface area (Å²) >= 11 is 1.62. The van der Waals surface area contributed by atoms with Crippen molar-refractivity contribution >= 4 is 33.4 Å². The molecular formula is C24H27N3O3S. The van der Waals surface area contributed by atoms with E-state index in [2.05, 4.69) is 5.32 Å². The van der Waals surface area contributed by atoms with E-state index in [1.54, 1.807) is 23.3 Å². The molecule has 0 bridgehead atoms. The number of ether oxygens (including phenoxy) is 1. The van der Waals surface area contributed by atoms with Gasteiger partial charge in [-0.2, -0.15) is 0 Å². The summed E-state index contributed by atoms with van der Waals surface area (Å²) in [6.07, 6.45) is 4.29. The summed E-state index contributed by atoms with van der Waals surface area (Å²) < 4.78 is 8.61. The van der Waals surface area contributed by atoms with Crippen molar-refractivity contribution in [3.63, 3.8) is 0 Å². The van der Waals surface area contributed by atoms with Crippen LogP contribution in [-0.4, -0.2) is 40.0 Å². The van der Waals surface area contributed by atoms with Gasteiger partial charge >= 0.3 is 0 Å². The molecule has 7 heteroatoms. The van der Waals surface area contributed by atoms with E-state index in [9.17, 15) is 9.59 Å². The Morgan fingerprint density at radius 3 is 2.81 bits per heavy atom. The number of methoxy groups -OCH3 is 1. The highest BCUT2D eigenvalue weighted by Crippen LogP contribution is 2.36. The van der Waals surface area contributed by atoms with Crippen molar-refractivity contribution in [1.82, 2.24) is 14.8 Å². The van der Waals surface area contributed by atoms with Crippen molar-refractivity contribution in [1.29, 1.82) is 0 Å². The van der Waals surface area contributed by atoms with E-state index >= 15 is 0 Å². The Labute approximate surface area is 185 Å². The van der Waals surface area contributed by atoms with Crippen molar-refractivity contribution in [2.24, 2.45) is 0 Å². The molecule has 0 spiro atoms. The van der Waals surface area contributed by atoms with Crippen LogP contribution in [0.5, 0.6) is 5.75 Å². The topological polar surface area (TPSA) is 63.6 Å². The van der Waals surface area contributed by atoms with Crippen molar-refractivity contribution in [2.75, 3.05) is 7.11 Å². The molecule has 31 heavy (non-hydrogen) atoms. The molecular weight excluding hydrogens is 410 g/mol. The second kappa shape index (κ2) is 7.71. The quantitative estimate of drug-likeness (QED) is 0.651. The monoisotopic (exact) mass is 437 g/mol. The second-order valence-corrected chi connectivity index (χ2v) is 9.67. The van der Waals surface area contributed by atoms with Crippen molar-refractivity contribution < 1.29 is 14.3 Å². The highest BCUT2D eigenvalue weighted by Gasteiger charge is 2.48. The summed E-state index contributed by atoms with van der Waals surface area (Å²) in [5, 5.41) is 5.27. The molecule has 3 aromatic rings. The molecule has 1 fully saturated rings. The molecule has 0 saturated heterocycles. The summed E-state index contributed by atoms with van der Waals surface area (Å²) in [4.78, 5) is 29.1. The molecule has 1 saturated carbocycles. The number of nitrogens with zero attached hydrogens (tertiary/aromatic N) is 2. The fourth-order valence-corrected chi connectivity index (χ4v) is 5.76. The lowest BCUT2D eigenvalue weighted by atomic mass is 9.93. The first kappa shape index (κ1) is 20.1. The normalized spacial score (nSPS) is 21.5. The number of hydrogen-bond donors (Lipinski definition) is 1. The van der Waals surface area contributed by atoms with E-state index in [1.807, 2.05) is 53.3 Å². The third-order valence-electron chi connectivity index (χ3n) is 6.75. The van der Waals surface area contributed by atoms with Gasteiger partial charge in [0.25, 0.3) is 5.91 Å². The Morgan fingerprint density at radius 2 is 2.03 bits per heavy atom. The highest BCUT2D eigenvalue weighted by atomic mass is 32.1. The lowest BCUT2D eigenvalue weighted by molar-refractivity contribution is -0.133. The predicted molar refractivity (Wildman–Crippen MR) is 121 cm³/mol. The Kier molecular flexibility index (Phi) is 5.01. The number of thiophene rings is 1. The van der Waals surface area contributed by atoms with Crippen LogP contribution in [0, 0.1) is 0 Å². The Bertz CT molecular complexity index is 1140. The Morgan fingerprint density at radius 1 is 1.26 bits per heavy atom. The van der Waals surface area contributed by atoms with Crippen LogP contribution in [-0.2, 0) is 17.9 Å². The second-order valence-electron chi connectivity index (χ2n) is 8.72. The maximum Gasteiger partial charge on any atom is 0.271 e. The van der Waals surface area contributed by atoms with Gasteiger partial charge < -0.3 is 19.5 Å². The summed E-state index contributed by atoms with van der Waals surface area (Å²) in [6, 6.07) is 11.9. The third-order valence-corrected chi connectivity index (χ3v) is 7.60. The fourth-order valence-electron chi connectivity index (χ4n) is 4.94. The number of carbonyl (C=O) groups excluding carboxylic acids is 2. The van der Waals surface area contributed by atoms with Gasteiger partial charge in [-0.3, -0.25) is 9.59 Å². The molecule has 2 aliphatic rings. The lowest BCUT2D eigenvalue weighted by Gasteiger charge is -2.44. The summed E-state index contributed by atoms with van der Waals surface area (Å²) in [6.45, 7) is 2.64. The van der Waals surface area contributed by atoms with Crippen LogP contribution in [0.2, 0.25) is 0 Å². The number of carbonyl (C=O) groups is 2. The van der Waals surface area contributed by atoms with Crippen LogP contribution in [0.3, 0.4) is 0 Å². The van der Waals surface area contributed by atoms with Crippen LogP contribution in [0.15, 0.2) is 41.8 Å². The summed E-state index contributed by atoms with van der Waals surface area (Å²) in [5.74, 6) is 0.519. The smallest absolute Gasteiger partial charge is 0.271 e. The van der Waals surface area contributed by atoms with Gasteiger partial charge in [0.1, 0.15) is 17.0 Å². The van der Waals surface area contributed by atoms with E-state index in [0.29, 0.717) is 18.8 Å². The summed E-state index contributed by atoms with van der Waals surface area (Å²) in [5.41, 5.74) is 1.55. The molecule has 1 aliphatic heterocycles. The number of amides is 2. The minimum absolute atomic E-state index is 0.0784. The van der Waals surface area contributed by atoms with Crippen molar-refractivity contribution in [2.45, 2.75) is 57.3 Å². The predicted octanol–water partition coefficient (Wildman–Crippen LogP) is 4.18. The standard InChI is InChI=1S/C24H27N3O3S/c1-24(23(29)25-17-8-4-5-9-17)15-26-18-11-12-31-21(18)13-19(26)22(28)27(24)14-16-7-3-6-10-20(16)30-2/h3,6-7,10-13,17H,4-5,8-9,14-15H2,1-2H3,(H,25,29)/t24-/m1/s1. The molecule has 2 aromatic heterocycles. The SMILES string of the molecule is COc1ccccc1CN1C(=O)c2cc3sccc3n2C[C@]1(C)C(=O)NC1CCCC1. The zero-order valence-electron chi connectivity index (χ0n) is 17.9. The van der Waals surface area contributed by atoms with Crippen LogP contribution in [0.4, 0.5) is 0 Å². The van der Waals surface area contributed by atoms with E-state index in [0.717, 1.165) is 47.2 Å². The molecule has 1 aromatic carbocycles. The minimum atomic E-state index is -0.999. The number of aromatic nitrogens is 1. The number of para-hydroxylation sites is 1. The van der Waals surface area contributed by atoms with Gasteiger partial charge in [0.2, 0.25) is 5.91 Å². The molecule has 0 unspecified atom stereocenters. The molecule has 1 aliphatic carbocycles. The molecule has 0 radical (unpaired) electrons. The number of fused-ring (bicyclic) bond motifs is 3. The summed E-state index contributed by atoms with van der Waals surface area (Å²) in [7, 11) is 1.63. The zero-order chi connectivity index (χ0) is 21.6. The van der Waals surface area contributed by atoms with Crippen LogP contribution in [0.25, 0.3) is 10.2 Å². The maximum absolute atomic E-state index is 13.7. The number of nitrogens with one attached hydrogen (secondary N) is 1. The van der Waals surface area contributed by atoms with Gasteiger partial charge in [-0.15, -0.1) is 11.3 Å². The first-order valence-electron chi connectivity index (χ1n) is 10.8. The molecule has 1 atom stereocenters. The van der Waals surface area contributed by atoms with Gasteiger partial charge in [0.15, 0.2) is 0 Å². The van der Waals surface area contributed by atoms with Gasteiger partial charge in [0, 0.05) is 11.6 Å². The van der Waals surface area contributed by atoms with Crippen molar-refractivity contribution in [3.8, 4) is 5.75 Å². The number of benzene rings is 1. The number of rotatable bonds is 5. The maximum atomic E-state index is 13.7. The van der Waals surface area contributed by atoms with Crippen LogP contribution >= 0.6 is 11.3 Å². The van der Waals surface area contributed by atoms with Crippen LogP contribution in [0.1, 0.15) is 48.7 Å². The van der Waals surface area contributed by atoms with Crippen LogP contribution < -0.4 is 10.1 Å². The highest BCUT2D eigenvalue weighted by molar-refractivity contribution is 7.17. The first-order valence-corrected chi connectivity index (χ1v) is 11.7. The largest absolute Gasteiger partial charge is 0.496 e. The molecule has 162 valence electrons. The average molecular weight is 438 g/mol. The molecule has 5 rings (SSSR count). The van der Waals surface area contributed by atoms with Crippen molar-refractivity contribution in [3.05, 3.63) is 53.0 Å². The molecule has 6 nitrogen and oxygen atoms in total. The average Bonchev–Trinajstić information content (AvgIpc) is 3.50. The number of hydrogen-bond acceptors (Lipinski definition) is 4. The van der Waals surface area contributed by atoms with Gasteiger partial charge in [0.05, 0.1) is 30.4 Å². The third kappa shape index (κ3) is 3.31. The van der Waals surface area contributed by atoms with E-state index in [-0.39, 0.29) is 17.9 Å². The molecule has 3 heterocycles.